The van der Waals surface area contributed by atoms with E-state index in [9.17, 15) is 9.59 Å². The lowest BCUT2D eigenvalue weighted by atomic mass is 10.1. The van der Waals surface area contributed by atoms with E-state index in [1.807, 2.05) is 44.2 Å². The average molecular weight is 367 g/mol. The molecule has 1 amide bonds. The lowest BCUT2D eigenvalue weighted by Crippen LogP contribution is -2.28. The largest absolute Gasteiger partial charge is 0.497 e. The minimum absolute atomic E-state index is 0.132. The Balaban J connectivity index is 1.67. The molecule has 0 saturated carbocycles. The third-order valence-corrected chi connectivity index (χ3v) is 4.16. The van der Waals surface area contributed by atoms with Crippen LogP contribution in [-0.2, 0) is 11.3 Å². The zero-order valence-electron chi connectivity index (χ0n) is 15.5. The van der Waals surface area contributed by atoms with Gasteiger partial charge in [-0.2, -0.15) is 0 Å². The zero-order valence-corrected chi connectivity index (χ0v) is 15.5. The first-order valence-corrected chi connectivity index (χ1v) is 8.54. The third kappa shape index (κ3) is 4.47. The van der Waals surface area contributed by atoms with Gasteiger partial charge in [0.1, 0.15) is 17.1 Å². The number of carbonyl (C=O) groups is 1. The Morgan fingerprint density at radius 2 is 1.85 bits per heavy atom. The second-order valence-electron chi connectivity index (χ2n) is 6.30. The van der Waals surface area contributed by atoms with Gasteiger partial charge in [-0.1, -0.05) is 12.1 Å². The van der Waals surface area contributed by atoms with Crippen LogP contribution in [0.5, 0.6) is 11.5 Å². The number of benzene rings is 2. The van der Waals surface area contributed by atoms with Crippen molar-refractivity contribution >= 4 is 16.9 Å². The van der Waals surface area contributed by atoms with E-state index in [4.69, 9.17) is 13.9 Å². The molecule has 6 heteroatoms. The molecule has 0 atom stereocenters. The second-order valence-corrected chi connectivity index (χ2v) is 6.30. The highest BCUT2D eigenvalue weighted by atomic mass is 16.5. The number of hydrogen-bond acceptors (Lipinski definition) is 5. The van der Waals surface area contributed by atoms with Gasteiger partial charge in [-0.25, -0.2) is 4.79 Å². The zero-order chi connectivity index (χ0) is 19.4. The van der Waals surface area contributed by atoms with Gasteiger partial charge in [0.05, 0.1) is 12.5 Å². The molecule has 0 aliphatic carbocycles. The van der Waals surface area contributed by atoms with Gasteiger partial charge in [-0.3, -0.25) is 4.79 Å². The number of carbonyl (C=O) groups excluding carboxylic acids is 1. The number of methoxy groups -OCH3 is 1. The van der Waals surface area contributed by atoms with Crippen molar-refractivity contribution in [1.82, 2.24) is 5.32 Å². The molecule has 1 aromatic heterocycles. The number of fused-ring (bicyclic) bond motifs is 1. The van der Waals surface area contributed by atoms with Crippen molar-refractivity contribution in [3.63, 3.8) is 0 Å². The Kier molecular flexibility index (Phi) is 5.45. The van der Waals surface area contributed by atoms with Gasteiger partial charge in [0.25, 0.3) is 5.91 Å². The Bertz CT molecular complexity index is 1020. The Morgan fingerprint density at radius 1 is 1.11 bits per heavy atom. The SMILES string of the molecule is COc1ccc(CNC(=O)COc2cc(C)cc3oc(=O)cc(C)c23)cc1. The van der Waals surface area contributed by atoms with Gasteiger partial charge in [-0.05, 0) is 54.8 Å². The summed E-state index contributed by atoms with van der Waals surface area (Å²) in [6, 6.07) is 12.5. The van der Waals surface area contributed by atoms with Crippen molar-refractivity contribution in [3.8, 4) is 11.5 Å². The average Bonchev–Trinajstić information content (AvgIpc) is 2.64. The van der Waals surface area contributed by atoms with E-state index >= 15 is 0 Å². The van der Waals surface area contributed by atoms with Crippen LogP contribution in [0.2, 0.25) is 0 Å². The highest BCUT2D eigenvalue weighted by Crippen LogP contribution is 2.29. The van der Waals surface area contributed by atoms with Gasteiger partial charge in [0, 0.05) is 12.6 Å². The highest BCUT2D eigenvalue weighted by molar-refractivity contribution is 5.88. The molecule has 3 rings (SSSR count). The van der Waals surface area contributed by atoms with Crippen LogP contribution in [0.4, 0.5) is 0 Å². The fraction of sp³-hybridized carbons (Fsp3) is 0.238. The number of aryl methyl sites for hydroxylation is 2. The molecule has 0 spiro atoms. The van der Waals surface area contributed by atoms with Crippen LogP contribution in [0, 0.1) is 13.8 Å². The summed E-state index contributed by atoms with van der Waals surface area (Å²) in [6.07, 6.45) is 0. The van der Waals surface area contributed by atoms with Crippen molar-refractivity contribution in [3.05, 3.63) is 69.6 Å². The standard InChI is InChI=1S/C21H21NO5/c1-13-8-17(21-14(2)10-20(24)27-18(21)9-13)26-12-19(23)22-11-15-4-6-16(25-3)7-5-15/h4-10H,11-12H2,1-3H3,(H,22,23). The van der Waals surface area contributed by atoms with Gasteiger partial charge in [-0.15, -0.1) is 0 Å². The molecule has 1 N–H and O–H groups in total. The van der Waals surface area contributed by atoms with Crippen LogP contribution >= 0.6 is 0 Å². The van der Waals surface area contributed by atoms with E-state index in [-0.39, 0.29) is 12.5 Å². The monoisotopic (exact) mass is 367 g/mol. The van der Waals surface area contributed by atoms with E-state index in [1.54, 1.807) is 13.2 Å². The van der Waals surface area contributed by atoms with Gasteiger partial charge >= 0.3 is 5.63 Å². The number of rotatable bonds is 6. The van der Waals surface area contributed by atoms with Crippen molar-refractivity contribution in [1.29, 1.82) is 0 Å². The maximum absolute atomic E-state index is 12.1. The molecular weight excluding hydrogens is 346 g/mol. The molecule has 1 heterocycles. The molecule has 0 saturated heterocycles. The fourth-order valence-electron chi connectivity index (χ4n) is 2.83. The van der Waals surface area contributed by atoms with Gasteiger partial charge < -0.3 is 19.2 Å². The topological polar surface area (TPSA) is 77.8 Å². The molecule has 0 radical (unpaired) electrons. The number of amides is 1. The predicted octanol–water partition coefficient (Wildman–Crippen LogP) is 3.11. The first kappa shape index (κ1) is 18.5. The predicted molar refractivity (Wildman–Crippen MR) is 102 cm³/mol. The Morgan fingerprint density at radius 3 is 2.56 bits per heavy atom. The molecule has 0 unspecified atom stereocenters. The molecule has 3 aromatic rings. The third-order valence-electron chi connectivity index (χ3n) is 4.16. The lowest BCUT2D eigenvalue weighted by Gasteiger charge is -2.12. The number of ether oxygens (including phenoxy) is 2. The smallest absolute Gasteiger partial charge is 0.336 e. The van der Waals surface area contributed by atoms with E-state index in [1.165, 1.54) is 6.07 Å². The molecule has 0 aliphatic heterocycles. The van der Waals surface area contributed by atoms with Gasteiger partial charge in [0.2, 0.25) is 0 Å². The quantitative estimate of drug-likeness (QED) is 0.678. The van der Waals surface area contributed by atoms with Gasteiger partial charge in [0.15, 0.2) is 6.61 Å². The molecule has 27 heavy (non-hydrogen) atoms. The number of hydrogen-bond donors (Lipinski definition) is 1. The van der Waals surface area contributed by atoms with Crippen LogP contribution in [-0.4, -0.2) is 19.6 Å². The summed E-state index contributed by atoms with van der Waals surface area (Å²) >= 11 is 0. The maximum atomic E-state index is 12.1. The molecule has 0 fully saturated rings. The Hall–Kier alpha value is -3.28. The first-order valence-electron chi connectivity index (χ1n) is 8.54. The molecule has 0 bridgehead atoms. The summed E-state index contributed by atoms with van der Waals surface area (Å²) in [6.45, 7) is 3.95. The van der Waals surface area contributed by atoms with Crippen LogP contribution in [0.15, 0.2) is 51.7 Å². The van der Waals surface area contributed by atoms with E-state index in [0.717, 1.165) is 22.4 Å². The summed E-state index contributed by atoms with van der Waals surface area (Å²) in [5.74, 6) is 1.04. The summed E-state index contributed by atoms with van der Waals surface area (Å²) in [7, 11) is 1.61. The minimum Gasteiger partial charge on any atom is -0.497 e. The van der Waals surface area contributed by atoms with Crippen LogP contribution < -0.4 is 20.4 Å². The summed E-state index contributed by atoms with van der Waals surface area (Å²) in [5.41, 5.74) is 2.63. The van der Waals surface area contributed by atoms with Crippen molar-refractivity contribution in [2.45, 2.75) is 20.4 Å². The van der Waals surface area contributed by atoms with E-state index in [0.29, 0.717) is 23.3 Å². The lowest BCUT2D eigenvalue weighted by molar-refractivity contribution is -0.123. The van der Waals surface area contributed by atoms with Crippen molar-refractivity contribution in [2.75, 3.05) is 13.7 Å². The normalized spacial score (nSPS) is 10.6. The van der Waals surface area contributed by atoms with Crippen LogP contribution in [0.1, 0.15) is 16.7 Å². The Labute approximate surface area is 156 Å². The van der Waals surface area contributed by atoms with E-state index in [2.05, 4.69) is 5.32 Å². The summed E-state index contributed by atoms with van der Waals surface area (Å²) < 4.78 is 16.1. The highest BCUT2D eigenvalue weighted by Gasteiger charge is 2.12. The maximum Gasteiger partial charge on any atom is 0.336 e. The fourth-order valence-corrected chi connectivity index (χ4v) is 2.83. The number of nitrogens with one attached hydrogen (secondary N) is 1. The van der Waals surface area contributed by atoms with E-state index < -0.39 is 5.63 Å². The molecular formula is C21H21NO5. The molecule has 0 aliphatic rings. The summed E-state index contributed by atoms with van der Waals surface area (Å²) in [4.78, 5) is 23.7. The minimum atomic E-state index is -0.409. The molecule has 2 aromatic carbocycles. The summed E-state index contributed by atoms with van der Waals surface area (Å²) in [5, 5.41) is 3.51. The molecule has 6 nitrogen and oxygen atoms in total. The second kappa shape index (κ2) is 7.95. The van der Waals surface area contributed by atoms with Crippen LogP contribution in [0.3, 0.4) is 0 Å². The first-order chi connectivity index (χ1) is 13.0. The van der Waals surface area contributed by atoms with Crippen molar-refractivity contribution in [2.24, 2.45) is 0 Å². The van der Waals surface area contributed by atoms with Crippen molar-refractivity contribution < 1.29 is 18.7 Å². The van der Waals surface area contributed by atoms with Crippen LogP contribution in [0.25, 0.3) is 11.0 Å². The molecule has 140 valence electrons.